The summed E-state index contributed by atoms with van der Waals surface area (Å²) >= 11 is 0. The third-order valence-corrected chi connectivity index (χ3v) is 3.58. The van der Waals surface area contributed by atoms with Crippen molar-refractivity contribution in [3.8, 4) is 17.2 Å². The molecule has 1 atom stereocenters. The van der Waals surface area contributed by atoms with Crippen molar-refractivity contribution in [1.29, 1.82) is 0 Å². The Hall–Kier alpha value is -2.31. The summed E-state index contributed by atoms with van der Waals surface area (Å²) in [5.41, 5.74) is 6.94. The van der Waals surface area contributed by atoms with Crippen molar-refractivity contribution in [1.82, 2.24) is 0 Å². The zero-order valence-electron chi connectivity index (χ0n) is 15.0. The van der Waals surface area contributed by atoms with Crippen molar-refractivity contribution in [2.45, 2.75) is 32.7 Å². The van der Waals surface area contributed by atoms with Crippen molar-refractivity contribution in [2.24, 2.45) is 5.73 Å². The maximum atomic E-state index is 13.6. The molecule has 1 amide bonds. The van der Waals surface area contributed by atoms with Crippen LogP contribution in [0.3, 0.4) is 0 Å². The lowest BCUT2D eigenvalue weighted by atomic mass is 10.2. The third kappa shape index (κ3) is 6.20. The average molecular weight is 383 g/mol. The van der Waals surface area contributed by atoms with Gasteiger partial charge >= 0.3 is 0 Å². The first-order valence-electron chi connectivity index (χ1n) is 8.06. The fraction of sp³-hybridized carbons (Fsp3) is 0.316. The van der Waals surface area contributed by atoms with Gasteiger partial charge in [-0.1, -0.05) is 6.07 Å². The molecule has 0 aliphatic heterocycles. The van der Waals surface area contributed by atoms with E-state index >= 15 is 0 Å². The first-order chi connectivity index (χ1) is 11.9. The van der Waals surface area contributed by atoms with E-state index in [2.05, 4.69) is 5.32 Å². The lowest BCUT2D eigenvalue weighted by Gasteiger charge is -2.15. The van der Waals surface area contributed by atoms with Gasteiger partial charge in [0.15, 0.2) is 17.2 Å². The molecule has 0 aliphatic carbocycles. The highest BCUT2D eigenvalue weighted by atomic mass is 35.5. The van der Waals surface area contributed by atoms with Crippen LogP contribution in [0.15, 0.2) is 36.4 Å². The Bertz CT molecular complexity index is 754. The van der Waals surface area contributed by atoms with E-state index in [1.807, 2.05) is 26.0 Å². The van der Waals surface area contributed by atoms with Gasteiger partial charge < -0.3 is 20.5 Å². The molecule has 0 heterocycles. The van der Waals surface area contributed by atoms with Gasteiger partial charge in [0.05, 0.1) is 12.8 Å². The van der Waals surface area contributed by atoms with Gasteiger partial charge in [0.1, 0.15) is 5.82 Å². The molecule has 26 heavy (non-hydrogen) atoms. The monoisotopic (exact) mass is 382 g/mol. The van der Waals surface area contributed by atoms with Crippen LogP contribution in [0, 0.1) is 12.7 Å². The van der Waals surface area contributed by atoms with Crippen LogP contribution in [-0.4, -0.2) is 19.1 Å². The molecular formula is C19H24ClFN2O3. The Balaban J connectivity index is 0.00000338. The van der Waals surface area contributed by atoms with Gasteiger partial charge in [-0.2, -0.15) is 0 Å². The second-order valence-corrected chi connectivity index (χ2v) is 5.96. The quantitative estimate of drug-likeness (QED) is 0.743. The standard InChI is InChI=1S/C19H23FN2O3.ClH/c1-12-4-7-17(18(10-12)24-3)25-16-8-6-14(20)11-15(16)22-19(23)9-5-13(2)21;/h4,6-8,10-11,13H,5,9,21H2,1-3H3,(H,22,23);1H. The van der Waals surface area contributed by atoms with E-state index in [0.29, 0.717) is 23.7 Å². The molecule has 2 aromatic carbocycles. The molecular weight excluding hydrogens is 359 g/mol. The van der Waals surface area contributed by atoms with Gasteiger partial charge in [-0.3, -0.25) is 4.79 Å². The van der Waals surface area contributed by atoms with Crippen LogP contribution in [0.2, 0.25) is 0 Å². The number of aryl methyl sites for hydroxylation is 1. The second-order valence-electron chi connectivity index (χ2n) is 5.96. The molecule has 0 spiro atoms. The molecule has 2 rings (SSSR count). The van der Waals surface area contributed by atoms with E-state index in [1.54, 1.807) is 13.2 Å². The van der Waals surface area contributed by atoms with E-state index in [0.717, 1.165) is 5.56 Å². The molecule has 0 saturated carbocycles. The Morgan fingerprint density at radius 3 is 2.54 bits per heavy atom. The van der Waals surface area contributed by atoms with Crippen LogP contribution < -0.4 is 20.5 Å². The van der Waals surface area contributed by atoms with Gasteiger partial charge in [0.25, 0.3) is 0 Å². The summed E-state index contributed by atoms with van der Waals surface area (Å²) in [6.45, 7) is 3.77. The molecule has 0 aromatic heterocycles. The van der Waals surface area contributed by atoms with Crippen molar-refractivity contribution >= 4 is 24.0 Å². The number of benzene rings is 2. The van der Waals surface area contributed by atoms with Crippen molar-refractivity contribution in [3.63, 3.8) is 0 Å². The van der Waals surface area contributed by atoms with E-state index < -0.39 is 5.82 Å². The molecule has 0 bridgehead atoms. The fourth-order valence-electron chi connectivity index (χ4n) is 2.24. The van der Waals surface area contributed by atoms with Crippen molar-refractivity contribution in [2.75, 3.05) is 12.4 Å². The summed E-state index contributed by atoms with van der Waals surface area (Å²) in [5, 5.41) is 2.68. The van der Waals surface area contributed by atoms with Crippen molar-refractivity contribution in [3.05, 3.63) is 47.8 Å². The molecule has 7 heteroatoms. The third-order valence-electron chi connectivity index (χ3n) is 3.58. The number of amides is 1. The zero-order valence-corrected chi connectivity index (χ0v) is 15.9. The number of nitrogens with one attached hydrogen (secondary N) is 1. The minimum absolute atomic E-state index is 0. The van der Waals surface area contributed by atoms with Gasteiger partial charge in [-0.05, 0) is 50.1 Å². The van der Waals surface area contributed by atoms with Gasteiger partial charge in [-0.25, -0.2) is 4.39 Å². The van der Waals surface area contributed by atoms with Crippen LogP contribution in [-0.2, 0) is 4.79 Å². The largest absolute Gasteiger partial charge is 0.493 e. The summed E-state index contributed by atoms with van der Waals surface area (Å²) in [6.07, 6.45) is 0.796. The van der Waals surface area contributed by atoms with E-state index in [4.69, 9.17) is 15.2 Å². The number of carbonyl (C=O) groups is 1. The highest BCUT2D eigenvalue weighted by Crippen LogP contribution is 2.36. The smallest absolute Gasteiger partial charge is 0.224 e. The summed E-state index contributed by atoms with van der Waals surface area (Å²) in [7, 11) is 1.54. The minimum Gasteiger partial charge on any atom is -0.493 e. The molecule has 0 saturated heterocycles. The predicted molar refractivity (Wildman–Crippen MR) is 103 cm³/mol. The van der Waals surface area contributed by atoms with Crippen LogP contribution in [0.1, 0.15) is 25.3 Å². The van der Waals surface area contributed by atoms with E-state index in [1.165, 1.54) is 18.2 Å². The van der Waals surface area contributed by atoms with Gasteiger partial charge in [0, 0.05) is 18.5 Å². The Kier molecular flexibility index (Phi) is 8.35. The highest BCUT2D eigenvalue weighted by Gasteiger charge is 2.13. The molecule has 3 N–H and O–H groups in total. The summed E-state index contributed by atoms with van der Waals surface area (Å²) in [6, 6.07) is 9.36. The molecule has 0 fully saturated rings. The number of hydrogen-bond acceptors (Lipinski definition) is 4. The maximum Gasteiger partial charge on any atom is 0.224 e. The lowest BCUT2D eigenvalue weighted by Crippen LogP contribution is -2.19. The minimum atomic E-state index is -0.467. The van der Waals surface area contributed by atoms with Crippen LogP contribution in [0.5, 0.6) is 17.2 Å². The van der Waals surface area contributed by atoms with Gasteiger partial charge in [0.2, 0.25) is 5.91 Å². The van der Waals surface area contributed by atoms with E-state index in [-0.39, 0.29) is 36.5 Å². The Morgan fingerprint density at radius 1 is 1.19 bits per heavy atom. The summed E-state index contributed by atoms with van der Waals surface area (Å²) < 4.78 is 24.7. The summed E-state index contributed by atoms with van der Waals surface area (Å²) in [5.74, 6) is 0.649. The first-order valence-corrected chi connectivity index (χ1v) is 8.06. The van der Waals surface area contributed by atoms with Crippen molar-refractivity contribution < 1.29 is 18.7 Å². The number of halogens is 2. The molecule has 5 nitrogen and oxygen atoms in total. The Morgan fingerprint density at radius 2 is 1.88 bits per heavy atom. The molecule has 0 radical (unpaired) electrons. The van der Waals surface area contributed by atoms with Crippen LogP contribution >= 0.6 is 12.4 Å². The molecule has 1 unspecified atom stereocenters. The van der Waals surface area contributed by atoms with Crippen LogP contribution in [0.4, 0.5) is 10.1 Å². The average Bonchev–Trinajstić information content (AvgIpc) is 2.56. The second kappa shape index (κ2) is 9.99. The number of anilines is 1. The molecule has 142 valence electrons. The molecule has 0 aliphatic rings. The number of methoxy groups -OCH3 is 1. The highest BCUT2D eigenvalue weighted by molar-refractivity contribution is 5.92. The number of hydrogen-bond donors (Lipinski definition) is 2. The summed E-state index contributed by atoms with van der Waals surface area (Å²) in [4.78, 5) is 12.0. The number of carbonyl (C=O) groups excluding carboxylic acids is 1. The topological polar surface area (TPSA) is 73.6 Å². The SMILES string of the molecule is COc1cc(C)ccc1Oc1ccc(F)cc1NC(=O)CCC(C)N.Cl. The number of nitrogens with two attached hydrogens (primary N) is 1. The van der Waals surface area contributed by atoms with Gasteiger partial charge in [-0.15, -0.1) is 12.4 Å². The first kappa shape index (κ1) is 21.7. The lowest BCUT2D eigenvalue weighted by molar-refractivity contribution is -0.116. The maximum absolute atomic E-state index is 13.6. The molecule has 2 aromatic rings. The zero-order chi connectivity index (χ0) is 18.4. The number of ether oxygens (including phenoxy) is 2. The van der Waals surface area contributed by atoms with Crippen LogP contribution in [0.25, 0.3) is 0 Å². The Labute approximate surface area is 159 Å². The van der Waals surface area contributed by atoms with E-state index in [9.17, 15) is 9.18 Å². The fourth-order valence-corrected chi connectivity index (χ4v) is 2.24. The normalized spacial score (nSPS) is 11.3. The predicted octanol–water partition coefficient (Wildman–Crippen LogP) is 4.42. The number of rotatable bonds is 7.